The third-order valence-corrected chi connectivity index (χ3v) is 3.48. The molecular weight excluding hydrogens is 385 g/mol. The van der Waals surface area contributed by atoms with Crippen LogP contribution in [0.1, 0.15) is 25.3 Å². The molecular formula is C16H19Cl2N3O5. The van der Waals surface area contributed by atoms with E-state index in [0.717, 1.165) is 18.4 Å². The van der Waals surface area contributed by atoms with Crippen LogP contribution < -0.4 is 0 Å². The summed E-state index contributed by atoms with van der Waals surface area (Å²) in [5.41, 5.74) is 0.749. The minimum atomic E-state index is -1.50. The molecule has 0 atom stereocenters. The highest BCUT2D eigenvalue weighted by Gasteiger charge is 2.09. The van der Waals surface area contributed by atoms with E-state index < -0.39 is 5.09 Å². The highest BCUT2D eigenvalue weighted by atomic mass is 35.5. The van der Waals surface area contributed by atoms with Gasteiger partial charge in [0.2, 0.25) is 0 Å². The average molecular weight is 404 g/mol. The Morgan fingerprint density at radius 3 is 2.77 bits per heavy atom. The molecule has 0 saturated heterocycles. The smallest absolute Gasteiger partial charge is 0.291 e. The first-order chi connectivity index (χ1) is 12.4. The quantitative estimate of drug-likeness (QED) is 0.227. The van der Waals surface area contributed by atoms with E-state index in [2.05, 4.69) is 11.9 Å². The van der Waals surface area contributed by atoms with E-state index in [4.69, 9.17) is 48.0 Å². The summed E-state index contributed by atoms with van der Waals surface area (Å²) in [7, 11) is 0. The Bertz CT molecular complexity index is 704. The molecule has 10 heteroatoms. The zero-order valence-electron chi connectivity index (χ0n) is 14.0. The predicted octanol–water partition coefficient (Wildman–Crippen LogP) is 4.59. The summed E-state index contributed by atoms with van der Waals surface area (Å²) in [6, 6.07) is 5.27. The Labute approximate surface area is 160 Å². The minimum Gasteiger partial charge on any atom is -0.465 e. The van der Waals surface area contributed by atoms with Crippen LogP contribution in [0.15, 0.2) is 36.9 Å². The van der Waals surface area contributed by atoms with E-state index in [1.165, 1.54) is 0 Å². The molecule has 0 amide bonds. The maximum atomic E-state index is 8.36. The van der Waals surface area contributed by atoms with Gasteiger partial charge in [0.15, 0.2) is 6.79 Å². The van der Waals surface area contributed by atoms with E-state index in [0.29, 0.717) is 22.4 Å². The number of benzene rings is 1. The van der Waals surface area contributed by atoms with Crippen LogP contribution in [0.3, 0.4) is 0 Å². The van der Waals surface area contributed by atoms with Gasteiger partial charge in [0.05, 0.1) is 24.2 Å². The van der Waals surface area contributed by atoms with Crippen molar-refractivity contribution in [3.8, 4) is 0 Å². The second-order valence-electron chi connectivity index (χ2n) is 4.89. The molecule has 1 aromatic carbocycles. The lowest BCUT2D eigenvalue weighted by Crippen LogP contribution is -2.02. The van der Waals surface area contributed by atoms with Crippen LogP contribution >= 0.6 is 23.2 Å². The third kappa shape index (κ3) is 8.70. The van der Waals surface area contributed by atoms with Gasteiger partial charge in [0.25, 0.3) is 5.09 Å². The largest absolute Gasteiger partial charge is 0.465 e. The first-order valence-corrected chi connectivity index (χ1v) is 8.38. The first kappa shape index (κ1) is 21.8. The van der Waals surface area contributed by atoms with Gasteiger partial charge in [0.1, 0.15) is 5.76 Å². The molecule has 8 nitrogen and oxygen atoms in total. The number of nitrogens with zero attached hydrogens (tertiary/aromatic N) is 3. The molecule has 0 radical (unpaired) electrons. The summed E-state index contributed by atoms with van der Waals surface area (Å²) < 4.78 is 13.0. The van der Waals surface area contributed by atoms with Crippen LogP contribution in [0.2, 0.25) is 10.0 Å². The molecule has 0 bridgehead atoms. The van der Waals surface area contributed by atoms with Crippen LogP contribution in [0.4, 0.5) is 0 Å². The molecule has 1 aromatic heterocycles. The summed E-state index contributed by atoms with van der Waals surface area (Å²) in [5, 5.41) is 14.7. The average Bonchev–Trinajstić information content (AvgIpc) is 3.06. The number of hydrogen-bond donors (Lipinski definition) is 1. The van der Waals surface area contributed by atoms with Crippen molar-refractivity contribution in [2.45, 2.75) is 19.8 Å². The Balaban J connectivity index is 0.000000765. The summed E-state index contributed by atoms with van der Waals surface area (Å²) in [4.78, 5) is 12.4. The van der Waals surface area contributed by atoms with Crippen LogP contribution in [0.5, 0.6) is 0 Å². The number of aromatic nitrogens is 2. The maximum absolute atomic E-state index is 8.36. The molecule has 142 valence electrons. The fraction of sp³-hybridized carbons (Fsp3) is 0.312. The third-order valence-electron chi connectivity index (χ3n) is 2.93. The Kier molecular flexibility index (Phi) is 10.1. The summed E-state index contributed by atoms with van der Waals surface area (Å²) >= 11 is 12.2. The van der Waals surface area contributed by atoms with E-state index in [1.807, 2.05) is 12.3 Å². The van der Waals surface area contributed by atoms with Gasteiger partial charge in [-0.1, -0.05) is 36.5 Å². The SMILES string of the molecule is CCCCOCO/C(=C\n1ccnc1)c1ccc(Cl)cc1Cl.O=[N+]([O-])O. The molecule has 0 fully saturated rings. The number of unbranched alkanes of at least 4 members (excludes halogenated alkanes) is 1. The molecule has 1 N–H and O–H groups in total. The first-order valence-electron chi connectivity index (χ1n) is 7.62. The zero-order chi connectivity index (χ0) is 19.4. The minimum absolute atomic E-state index is 0.166. The number of rotatable bonds is 8. The van der Waals surface area contributed by atoms with Crippen molar-refractivity contribution in [3.63, 3.8) is 0 Å². The van der Waals surface area contributed by atoms with Gasteiger partial charge in [-0.05, 0) is 24.6 Å². The number of imidazole rings is 1. The Morgan fingerprint density at radius 2 is 2.19 bits per heavy atom. The lowest BCUT2D eigenvalue weighted by Gasteiger charge is -2.13. The van der Waals surface area contributed by atoms with Gasteiger partial charge in [-0.25, -0.2) is 4.98 Å². The van der Waals surface area contributed by atoms with Crippen molar-refractivity contribution >= 4 is 35.2 Å². The second-order valence-corrected chi connectivity index (χ2v) is 5.73. The van der Waals surface area contributed by atoms with Crippen molar-refractivity contribution in [3.05, 3.63) is 62.6 Å². The molecule has 0 spiro atoms. The standard InChI is InChI=1S/C16H18Cl2N2O2.HNO3/c1-2-3-8-21-12-22-16(10-20-7-6-19-11-20)14-5-4-13(17)9-15(14)18;2-1(3)4/h4-7,9-11H,2-3,8,12H2,1H3;(H,2,3,4)/b16-10-;. The van der Waals surface area contributed by atoms with E-state index in [-0.39, 0.29) is 6.79 Å². The highest BCUT2D eigenvalue weighted by Crippen LogP contribution is 2.28. The molecule has 2 rings (SSSR count). The van der Waals surface area contributed by atoms with Gasteiger partial charge in [0, 0.05) is 23.0 Å². The van der Waals surface area contributed by atoms with Crippen molar-refractivity contribution in [1.82, 2.24) is 9.55 Å². The van der Waals surface area contributed by atoms with Gasteiger partial charge in [-0.15, -0.1) is 10.1 Å². The van der Waals surface area contributed by atoms with Crippen molar-refractivity contribution in [2.24, 2.45) is 0 Å². The zero-order valence-corrected chi connectivity index (χ0v) is 15.6. The van der Waals surface area contributed by atoms with Crippen LogP contribution in [0, 0.1) is 10.1 Å². The van der Waals surface area contributed by atoms with Crippen molar-refractivity contribution in [2.75, 3.05) is 13.4 Å². The number of halogens is 2. The molecule has 0 aliphatic carbocycles. The number of ether oxygens (including phenoxy) is 2. The molecule has 0 saturated carbocycles. The van der Waals surface area contributed by atoms with Gasteiger partial charge < -0.3 is 19.2 Å². The highest BCUT2D eigenvalue weighted by molar-refractivity contribution is 6.35. The van der Waals surface area contributed by atoms with Gasteiger partial charge in [-0.3, -0.25) is 0 Å². The van der Waals surface area contributed by atoms with Gasteiger partial charge >= 0.3 is 0 Å². The maximum Gasteiger partial charge on any atom is 0.291 e. The monoisotopic (exact) mass is 403 g/mol. The predicted molar refractivity (Wildman–Crippen MR) is 98.4 cm³/mol. The lowest BCUT2D eigenvalue weighted by molar-refractivity contribution is -0.742. The molecule has 1 heterocycles. The van der Waals surface area contributed by atoms with Crippen molar-refractivity contribution < 1.29 is 19.8 Å². The van der Waals surface area contributed by atoms with Crippen molar-refractivity contribution in [1.29, 1.82) is 0 Å². The Hall–Kier alpha value is -2.29. The molecule has 0 unspecified atom stereocenters. The normalized spacial score (nSPS) is 10.8. The van der Waals surface area contributed by atoms with E-state index in [1.54, 1.807) is 35.4 Å². The number of hydrogen-bond acceptors (Lipinski definition) is 5. The van der Waals surface area contributed by atoms with Crippen LogP contribution in [-0.4, -0.2) is 33.2 Å². The molecule has 0 aliphatic heterocycles. The van der Waals surface area contributed by atoms with Crippen LogP contribution in [-0.2, 0) is 9.47 Å². The molecule has 0 aliphatic rings. The summed E-state index contributed by atoms with van der Waals surface area (Å²) in [5.74, 6) is 0.594. The fourth-order valence-corrected chi connectivity index (χ4v) is 2.27. The topological polar surface area (TPSA) is 99.7 Å². The lowest BCUT2D eigenvalue weighted by atomic mass is 10.2. The molecule has 26 heavy (non-hydrogen) atoms. The second kappa shape index (κ2) is 12.1. The van der Waals surface area contributed by atoms with Gasteiger partial charge in [-0.2, -0.15) is 0 Å². The fourth-order valence-electron chi connectivity index (χ4n) is 1.77. The Morgan fingerprint density at radius 1 is 1.46 bits per heavy atom. The van der Waals surface area contributed by atoms with E-state index >= 15 is 0 Å². The van der Waals surface area contributed by atoms with Crippen LogP contribution in [0.25, 0.3) is 12.0 Å². The van der Waals surface area contributed by atoms with E-state index in [9.17, 15) is 0 Å². The summed E-state index contributed by atoms with van der Waals surface area (Å²) in [6.45, 7) is 2.95. The summed E-state index contributed by atoms with van der Waals surface area (Å²) in [6.07, 6.45) is 9.06. The molecule has 2 aromatic rings.